The maximum absolute atomic E-state index is 5.18. The van der Waals surface area contributed by atoms with Crippen LogP contribution in [0, 0.1) is 0 Å². The van der Waals surface area contributed by atoms with Gasteiger partial charge in [0.25, 0.3) is 0 Å². The smallest absolute Gasteiger partial charge is 0.0715 e. The van der Waals surface area contributed by atoms with Crippen molar-refractivity contribution in [3.8, 4) is 22.4 Å². The van der Waals surface area contributed by atoms with Crippen LogP contribution in [-0.2, 0) is 6.42 Å². The van der Waals surface area contributed by atoms with Crippen molar-refractivity contribution in [2.24, 2.45) is 0 Å². The van der Waals surface area contributed by atoms with Gasteiger partial charge in [-0.05, 0) is 59.2 Å². The third kappa shape index (κ3) is 3.64. The van der Waals surface area contributed by atoms with Gasteiger partial charge in [-0.25, -0.2) is 4.98 Å². The van der Waals surface area contributed by atoms with Crippen LogP contribution < -0.4 is 0 Å². The third-order valence-corrected chi connectivity index (χ3v) is 5.60. The van der Waals surface area contributed by atoms with Crippen LogP contribution >= 0.6 is 0 Å². The normalized spacial score (nSPS) is 14.6. The molecule has 4 aromatic rings. The third-order valence-electron chi connectivity index (χ3n) is 5.60. The monoisotopic (exact) mass is 373 g/mol. The molecule has 0 atom stereocenters. The summed E-state index contributed by atoms with van der Waals surface area (Å²) in [5.41, 5.74) is 9.92. The molecule has 0 spiro atoms. The number of fused-ring (bicyclic) bond motifs is 1. The van der Waals surface area contributed by atoms with E-state index < -0.39 is 0 Å². The Bertz CT molecular complexity index is 1140. The number of allylic oxidation sites excluding steroid dienone is 1. The highest BCUT2D eigenvalue weighted by Gasteiger charge is 2.21. The summed E-state index contributed by atoms with van der Waals surface area (Å²) in [6.45, 7) is 0. The van der Waals surface area contributed by atoms with Gasteiger partial charge < -0.3 is 0 Å². The Hall–Kier alpha value is -3.45. The summed E-state index contributed by atoms with van der Waals surface area (Å²) in [6, 6.07) is 34.1. The molecule has 0 amide bonds. The maximum Gasteiger partial charge on any atom is 0.0715 e. The number of nitrogens with zero attached hydrogens (tertiary/aromatic N) is 1. The molecule has 0 N–H and O–H groups in total. The first kappa shape index (κ1) is 17.6. The molecule has 1 nitrogen and oxygen atoms in total. The lowest BCUT2D eigenvalue weighted by Gasteiger charge is -2.23. The Kier molecular flexibility index (Phi) is 4.80. The molecule has 0 saturated heterocycles. The fourth-order valence-corrected chi connectivity index (χ4v) is 4.19. The first-order valence-corrected chi connectivity index (χ1v) is 10.3. The topological polar surface area (TPSA) is 12.9 Å². The van der Waals surface area contributed by atoms with Gasteiger partial charge in [0.15, 0.2) is 0 Å². The molecular weight excluding hydrogens is 350 g/mol. The lowest BCUT2D eigenvalue weighted by atomic mass is 9.84. The molecule has 1 aliphatic carbocycles. The first-order chi connectivity index (χ1) is 14.4. The van der Waals surface area contributed by atoms with E-state index in [1.165, 1.54) is 33.5 Å². The highest BCUT2D eigenvalue weighted by molar-refractivity contribution is 5.87. The number of aromatic nitrogens is 1. The van der Waals surface area contributed by atoms with E-state index in [1.54, 1.807) is 0 Å². The van der Waals surface area contributed by atoms with Crippen LogP contribution in [0.3, 0.4) is 0 Å². The number of hydrogen-bond donors (Lipinski definition) is 0. The van der Waals surface area contributed by atoms with Gasteiger partial charge in [-0.3, -0.25) is 0 Å². The molecule has 3 aromatic carbocycles. The molecule has 0 aliphatic heterocycles. The Morgan fingerprint density at radius 1 is 0.655 bits per heavy atom. The zero-order valence-electron chi connectivity index (χ0n) is 16.4. The van der Waals surface area contributed by atoms with Crippen molar-refractivity contribution in [3.05, 3.63) is 114 Å². The van der Waals surface area contributed by atoms with Crippen molar-refractivity contribution in [1.82, 2.24) is 4.98 Å². The van der Waals surface area contributed by atoms with Gasteiger partial charge in [0, 0.05) is 5.56 Å². The molecule has 0 saturated carbocycles. The quantitative estimate of drug-likeness (QED) is 0.367. The van der Waals surface area contributed by atoms with Crippen LogP contribution in [-0.4, -0.2) is 4.98 Å². The minimum Gasteiger partial charge on any atom is -0.248 e. The molecular formula is C28H23N. The summed E-state index contributed by atoms with van der Waals surface area (Å²) < 4.78 is 0. The van der Waals surface area contributed by atoms with E-state index >= 15 is 0 Å². The van der Waals surface area contributed by atoms with Crippen molar-refractivity contribution in [3.63, 3.8) is 0 Å². The summed E-state index contributed by atoms with van der Waals surface area (Å²) in [5, 5.41) is 0. The summed E-state index contributed by atoms with van der Waals surface area (Å²) >= 11 is 0. The molecule has 0 unspecified atom stereocenters. The number of hydrogen-bond acceptors (Lipinski definition) is 1. The number of rotatable bonds is 3. The van der Waals surface area contributed by atoms with Crippen molar-refractivity contribution in [2.45, 2.75) is 19.3 Å². The number of pyridine rings is 1. The van der Waals surface area contributed by atoms with E-state index in [0.29, 0.717) is 0 Å². The molecule has 1 heteroatoms. The summed E-state index contributed by atoms with van der Waals surface area (Å²) in [4.78, 5) is 5.18. The molecule has 0 fully saturated rings. The molecule has 140 valence electrons. The lowest BCUT2D eigenvalue weighted by Crippen LogP contribution is -2.08. The standard InChI is InChI=1S/C28H23N/c1-4-11-21(12-5-1)19-24-17-10-18-25-26(22-13-6-2-7-14-22)20-27(29-28(24)25)23-15-8-3-9-16-23/h1-9,11-16,19-20H,10,17-18H2/b24-19+. The Morgan fingerprint density at radius 3 is 1.97 bits per heavy atom. The minimum absolute atomic E-state index is 1.05. The average Bonchev–Trinajstić information content (AvgIpc) is 2.80. The van der Waals surface area contributed by atoms with E-state index in [2.05, 4.69) is 103 Å². The second-order valence-electron chi connectivity index (χ2n) is 7.55. The van der Waals surface area contributed by atoms with Gasteiger partial charge >= 0.3 is 0 Å². The van der Waals surface area contributed by atoms with E-state index in [0.717, 1.165) is 30.5 Å². The second-order valence-corrected chi connectivity index (χ2v) is 7.55. The van der Waals surface area contributed by atoms with Crippen molar-refractivity contribution < 1.29 is 0 Å². The number of benzene rings is 3. The van der Waals surface area contributed by atoms with Crippen LogP contribution in [0.5, 0.6) is 0 Å². The zero-order chi connectivity index (χ0) is 19.5. The molecule has 29 heavy (non-hydrogen) atoms. The van der Waals surface area contributed by atoms with Crippen molar-refractivity contribution >= 4 is 11.6 Å². The summed E-state index contributed by atoms with van der Waals surface area (Å²) in [7, 11) is 0. The Morgan fingerprint density at radius 2 is 1.28 bits per heavy atom. The predicted octanol–water partition coefficient (Wildman–Crippen LogP) is 7.29. The van der Waals surface area contributed by atoms with E-state index in [-0.39, 0.29) is 0 Å². The van der Waals surface area contributed by atoms with Gasteiger partial charge in [-0.15, -0.1) is 0 Å². The molecule has 1 aromatic heterocycles. The first-order valence-electron chi connectivity index (χ1n) is 10.3. The average molecular weight is 373 g/mol. The maximum atomic E-state index is 5.18. The Balaban J connectivity index is 1.73. The molecule has 1 aliphatic rings. The van der Waals surface area contributed by atoms with Crippen LogP contribution in [0.2, 0.25) is 0 Å². The summed E-state index contributed by atoms with van der Waals surface area (Å²) in [5.74, 6) is 0. The van der Waals surface area contributed by atoms with Gasteiger partial charge in [0.05, 0.1) is 11.4 Å². The van der Waals surface area contributed by atoms with Crippen LogP contribution in [0.15, 0.2) is 97.1 Å². The molecule has 1 heterocycles. The highest BCUT2D eigenvalue weighted by Crippen LogP contribution is 2.39. The van der Waals surface area contributed by atoms with Gasteiger partial charge in [-0.2, -0.15) is 0 Å². The SMILES string of the molecule is C(=C1/CCCc2c(-c3ccccc3)cc(-c3ccccc3)nc21)/c1ccccc1. The minimum atomic E-state index is 1.05. The van der Waals surface area contributed by atoms with E-state index in [1.807, 2.05) is 0 Å². The van der Waals surface area contributed by atoms with Crippen LogP contribution in [0.1, 0.15) is 29.7 Å². The van der Waals surface area contributed by atoms with Crippen molar-refractivity contribution in [1.29, 1.82) is 0 Å². The van der Waals surface area contributed by atoms with Crippen molar-refractivity contribution in [2.75, 3.05) is 0 Å². The highest BCUT2D eigenvalue weighted by atomic mass is 14.7. The largest absolute Gasteiger partial charge is 0.248 e. The second kappa shape index (κ2) is 7.89. The fraction of sp³-hybridized carbons (Fsp3) is 0.107. The zero-order valence-corrected chi connectivity index (χ0v) is 16.4. The summed E-state index contributed by atoms with van der Waals surface area (Å²) in [6.07, 6.45) is 5.63. The predicted molar refractivity (Wildman–Crippen MR) is 122 cm³/mol. The molecule has 5 rings (SSSR count). The molecule has 0 bridgehead atoms. The van der Waals surface area contributed by atoms with Crippen LogP contribution in [0.4, 0.5) is 0 Å². The van der Waals surface area contributed by atoms with Gasteiger partial charge in [-0.1, -0.05) is 91.0 Å². The fourth-order valence-electron chi connectivity index (χ4n) is 4.19. The molecule has 0 radical (unpaired) electrons. The van der Waals surface area contributed by atoms with Gasteiger partial charge in [0.2, 0.25) is 0 Å². The van der Waals surface area contributed by atoms with E-state index in [9.17, 15) is 0 Å². The lowest BCUT2D eigenvalue weighted by molar-refractivity contribution is 0.813. The van der Waals surface area contributed by atoms with Gasteiger partial charge in [0.1, 0.15) is 0 Å². The van der Waals surface area contributed by atoms with E-state index in [4.69, 9.17) is 4.98 Å². The Labute approximate surface area is 172 Å². The van der Waals surface area contributed by atoms with Crippen LogP contribution in [0.25, 0.3) is 34.0 Å².